The third kappa shape index (κ3) is 3.22. The molecule has 0 unspecified atom stereocenters. The van der Waals surface area contributed by atoms with Crippen LogP contribution in [0.5, 0.6) is 0 Å². The van der Waals surface area contributed by atoms with Gasteiger partial charge in [0.1, 0.15) is 5.69 Å². The molecule has 3 rings (SSSR count). The monoisotopic (exact) mass is 297 g/mol. The molecule has 4 heteroatoms. The Bertz CT molecular complexity index is 620. The number of benzene rings is 1. The summed E-state index contributed by atoms with van der Waals surface area (Å²) < 4.78 is 2.06. The van der Waals surface area contributed by atoms with Crippen LogP contribution in [0.2, 0.25) is 0 Å². The summed E-state index contributed by atoms with van der Waals surface area (Å²) in [6, 6.07) is 14.2. The number of carbonyl (C=O) groups is 1. The summed E-state index contributed by atoms with van der Waals surface area (Å²) in [6.45, 7) is 3.11. The topological polar surface area (TPSA) is 51.3 Å². The minimum atomic E-state index is 0.133. The summed E-state index contributed by atoms with van der Waals surface area (Å²) in [5.74, 6) is 0.589. The molecule has 1 fully saturated rings. The summed E-state index contributed by atoms with van der Waals surface area (Å²) in [4.78, 5) is 14.6. The average molecular weight is 297 g/mol. The van der Waals surface area contributed by atoms with Gasteiger partial charge in [-0.2, -0.15) is 0 Å². The molecule has 2 N–H and O–H groups in total. The molecule has 2 heterocycles. The van der Waals surface area contributed by atoms with Crippen LogP contribution in [0.25, 0.3) is 0 Å². The molecule has 1 amide bonds. The van der Waals surface area contributed by atoms with Gasteiger partial charge < -0.3 is 15.2 Å². The van der Waals surface area contributed by atoms with E-state index < -0.39 is 0 Å². The highest BCUT2D eigenvalue weighted by Crippen LogP contribution is 2.18. The van der Waals surface area contributed by atoms with E-state index >= 15 is 0 Å². The standard InChI is InChI=1S/C18H23N3O/c19-13-16-9-12-21(14-16)18(22)17-7-4-10-20(17)11-8-15-5-2-1-3-6-15/h1-7,10,16H,8-9,11-14,19H2/t16-/m1/s1. The number of likely N-dealkylation sites (tertiary alicyclic amines) is 1. The van der Waals surface area contributed by atoms with E-state index in [0.29, 0.717) is 12.5 Å². The summed E-state index contributed by atoms with van der Waals surface area (Å²) in [5, 5.41) is 0. The van der Waals surface area contributed by atoms with Crippen molar-refractivity contribution in [2.75, 3.05) is 19.6 Å². The molecule has 1 aliphatic rings. The minimum absolute atomic E-state index is 0.133. The van der Waals surface area contributed by atoms with Crippen molar-refractivity contribution in [3.63, 3.8) is 0 Å². The smallest absolute Gasteiger partial charge is 0.270 e. The highest BCUT2D eigenvalue weighted by atomic mass is 16.2. The molecular weight excluding hydrogens is 274 g/mol. The highest BCUT2D eigenvalue weighted by molar-refractivity contribution is 5.93. The van der Waals surface area contributed by atoms with Crippen molar-refractivity contribution in [3.8, 4) is 0 Å². The van der Waals surface area contributed by atoms with E-state index in [1.807, 2.05) is 41.4 Å². The van der Waals surface area contributed by atoms with Gasteiger partial charge in [-0.25, -0.2) is 0 Å². The van der Waals surface area contributed by atoms with Crippen LogP contribution >= 0.6 is 0 Å². The number of carbonyl (C=O) groups excluding carboxylic acids is 1. The Morgan fingerprint density at radius 3 is 2.73 bits per heavy atom. The van der Waals surface area contributed by atoms with E-state index in [1.165, 1.54) is 5.56 Å². The highest BCUT2D eigenvalue weighted by Gasteiger charge is 2.27. The third-order valence-corrected chi connectivity index (χ3v) is 4.44. The Balaban J connectivity index is 1.65. The number of nitrogens with two attached hydrogens (primary N) is 1. The van der Waals surface area contributed by atoms with E-state index in [2.05, 4.69) is 16.7 Å². The Morgan fingerprint density at radius 2 is 2.00 bits per heavy atom. The minimum Gasteiger partial charge on any atom is -0.343 e. The summed E-state index contributed by atoms with van der Waals surface area (Å²) >= 11 is 0. The molecule has 0 radical (unpaired) electrons. The third-order valence-electron chi connectivity index (χ3n) is 4.44. The molecule has 116 valence electrons. The van der Waals surface area contributed by atoms with E-state index in [-0.39, 0.29) is 5.91 Å². The number of aryl methyl sites for hydroxylation is 2. The van der Waals surface area contributed by atoms with Gasteiger partial charge in [0.15, 0.2) is 0 Å². The Morgan fingerprint density at radius 1 is 1.18 bits per heavy atom. The Hall–Kier alpha value is -2.07. The van der Waals surface area contributed by atoms with Crippen LogP contribution in [0.15, 0.2) is 48.7 Å². The number of amides is 1. The van der Waals surface area contributed by atoms with Crippen molar-refractivity contribution in [2.24, 2.45) is 11.7 Å². The number of rotatable bonds is 5. The summed E-state index contributed by atoms with van der Waals surface area (Å²) in [7, 11) is 0. The second-order valence-corrected chi connectivity index (χ2v) is 5.96. The second-order valence-electron chi connectivity index (χ2n) is 5.96. The fraction of sp³-hybridized carbons (Fsp3) is 0.389. The van der Waals surface area contributed by atoms with Crippen molar-refractivity contribution in [2.45, 2.75) is 19.4 Å². The lowest BCUT2D eigenvalue weighted by Crippen LogP contribution is -2.31. The van der Waals surface area contributed by atoms with Crippen molar-refractivity contribution in [1.29, 1.82) is 0 Å². The molecular formula is C18H23N3O. The molecule has 0 saturated carbocycles. The van der Waals surface area contributed by atoms with Gasteiger partial charge in [0.25, 0.3) is 5.91 Å². The van der Waals surface area contributed by atoms with Gasteiger partial charge in [0, 0.05) is 25.8 Å². The Kier molecular flexibility index (Phi) is 4.59. The van der Waals surface area contributed by atoms with Gasteiger partial charge in [0.05, 0.1) is 0 Å². The van der Waals surface area contributed by atoms with Gasteiger partial charge in [-0.05, 0) is 43.0 Å². The molecule has 2 aromatic rings. The van der Waals surface area contributed by atoms with Gasteiger partial charge in [0.2, 0.25) is 0 Å². The van der Waals surface area contributed by atoms with Crippen LogP contribution in [0.4, 0.5) is 0 Å². The number of nitrogens with zero attached hydrogens (tertiary/aromatic N) is 2. The van der Waals surface area contributed by atoms with Crippen molar-refractivity contribution < 1.29 is 4.79 Å². The molecule has 0 aliphatic carbocycles. The predicted molar refractivity (Wildman–Crippen MR) is 87.6 cm³/mol. The van der Waals surface area contributed by atoms with Crippen LogP contribution in [0, 0.1) is 5.92 Å². The quantitative estimate of drug-likeness (QED) is 0.919. The molecule has 22 heavy (non-hydrogen) atoms. The fourth-order valence-electron chi connectivity index (χ4n) is 3.07. The van der Waals surface area contributed by atoms with Crippen LogP contribution in [-0.4, -0.2) is 35.0 Å². The molecule has 1 atom stereocenters. The maximum Gasteiger partial charge on any atom is 0.270 e. The predicted octanol–water partition coefficient (Wildman–Crippen LogP) is 2.15. The average Bonchev–Trinajstić information content (AvgIpc) is 3.22. The van der Waals surface area contributed by atoms with Gasteiger partial charge in [-0.3, -0.25) is 4.79 Å². The van der Waals surface area contributed by atoms with Gasteiger partial charge >= 0.3 is 0 Å². The summed E-state index contributed by atoms with van der Waals surface area (Å²) in [6.07, 6.45) is 3.95. The first-order chi connectivity index (χ1) is 10.8. The molecule has 4 nitrogen and oxygen atoms in total. The lowest BCUT2D eigenvalue weighted by Gasteiger charge is -2.18. The SMILES string of the molecule is NC[C@H]1CCN(C(=O)c2cccn2CCc2ccccc2)C1. The first kappa shape index (κ1) is 14.9. The van der Waals surface area contributed by atoms with E-state index in [0.717, 1.165) is 38.2 Å². The van der Waals surface area contributed by atoms with Crippen molar-refractivity contribution >= 4 is 5.91 Å². The largest absolute Gasteiger partial charge is 0.343 e. The zero-order chi connectivity index (χ0) is 15.4. The van der Waals surface area contributed by atoms with Crippen LogP contribution in [0.1, 0.15) is 22.5 Å². The Labute approximate surface area is 131 Å². The molecule has 1 aromatic heterocycles. The molecule has 1 saturated heterocycles. The van der Waals surface area contributed by atoms with Crippen molar-refractivity contribution in [1.82, 2.24) is 9.47 Å². The van der Waals surface area contributed by atoms with Crippen LogP contribution < -0.4 is 5.73 Å². The molecule has 1 aliphatic heterocycles. The second kappa shape index (κ2) is 6.79. The zero-order valence-corrected chi connectivity index (χ0v) is 12.8. The first-order valence-electron chi connectivity index (χ1n) is 7.96. The van der Waals surface area contributed by atoms with Gasteiger partial charge in [-0.1, -0.05) is 30.3 Å². The van der Waals surface area contributed by atoms with Crippen LogP contribution in [0.3, 0.4) is 0 Å². The normalized spacial score (nSPS) is 17.9. The first-order valence-corrected chi connectivity index (χ1v) is 7.96. The number of aromatic nitrogens is 1. The fourth-order valence-corrected chi connectivity index (χ4v) is 3.07. The molecule has 1 aromatic carbocycles. The lowest BCUT2D eigenvalue weighted by molar-refractivity contribution is 0.0777. The number of hydrogen-bond donors (Lipinski definition) is 1. The molecule has 0 spiro atoms. The van der Waals surface area contributed by atoms with E-state index in [9.17, 15) is 4.79 Å². The van der Waals surface area contributed by atoms with E-state index in [1.54, 1.807) is 0 Å². The number of hydrogen-bond acceptors (Lipinski definition) is 2. The maximum atomic E-state index is 12.7. The molecule has 0 bridgehead atoms. The lowest BCUT2D eigenvalue weighted by atomic mass is 10.1. The zero-order valence-electron chi connectivity index (χ0n) is 12.8. The maximum absolute atomic E-state index is 12.7. The van der Waals surface area contributed by atoms with Crippen molar-refractivity contribution in [3.05, 3.63) is 59.9 Å². The van der Waals surface area contributed by atoms with E-state index in [4.69, 9.17) is 5.73 Å². The van der Waals surface area contributed by atoms with Gasteiger partial charge in [-0.15, -0.1) is 0 Å². The summed E-state index contributed by atoms with van der Waals surface area (Å²) in [5.41, 5.74) is 7.79. The van der Waals surface area contributed by atoms with Crippen LogP contribution in [-0.2, 0) is 13.0 Å².